The number of ketones is 2. The van der Waals surface area contributed by atoms with Gasteiger partial charge in [0.1, 0.15) is 0 Å². The van der Waals surface area contributed by atoms with E-state index in [2.05, 4.69) is 0 Å². The molecule has 0 aliphatic carbocycles. The first kappa shape index (κ1) is 20.7. The number of halogens is 6. The minimum atomic E-state index is -5.13. The van der Waals surface area contributed by atoms with E-state index in [1.54, 1.807) is 0 Å². The zero-order valence-corrected chi connectivity index (χ0v) is 13.3. The predicted molar refractivity (Wildman–Crippen MR) is 74.3 cm³/mol. The first-order chi connectivity index (χ1) is 11.1. The lowest BCUT2D eigenvalue weighted by atomic mass is 9.80. The van der Waals surface area contributed by atoms with Crippen molar-refractivity contribution in [2.45, 2.75) is 33.1 Å². The maximum Gasteiger partial charge on any atom is 0.416 e. The number of carbonyl (C=O) groups excluding carboxylic acids is 2. The molecule has 0 aliphatic heterocycles. The van der Waals surface area contributed by atoms with E-state index in [9.17, 15) is 35.9 Å². The molecule has 136 valence electrons. The first-order valence-corrected chi connectivity index (χ1v) is 6.86. The lowest BCUT2D eigenvalue weighted by molar-refractivity contribution is -0.143. The van der Waals surface area contributed by atoms with Crippen LogP contribution >= 0.6 is 0 Å². The number of hydrogen-bond donors (Lipinski definition) is 0. The molecule has 0 aromatic heterocycles. The van der Waals surface area contributed by atoms with Crippen LogP contribution in [-0.4, -0.2) is 11.6 Å². The maximum atomic E-state index is 12.8. The molecule has 1 aromatic rings. The SMILES string of the molecule is CC(C)(C)C(=O)C(C#N)C(=O)c1cc(C(F)(F)F)cc(C(F)(F)F)c1. The molecule has 0 fully saturated rings. The Labute approximate surface area is 139 Å². The van der Waals surface area contributed by atoms with Crippen LogP contribution in [0.25, 0.3) is 0 Å². The van der Waals surface area contributed by atoms with Crippen LogP contribution in [0.4, 0.5) is 26.3 Å². The molecule has 1 aromatic carbocycles. The van der Waals surface area contributed by atoms with E-state index in [1.165, 1.54) is 26.8 Å². The predicted octanol–water partition coefficient (Wildman–Crippen LogP) is 4.66. The molecule has 0 heterocycles. The third-order valence-electron chi connectivity index (χ3n) is 3.26. The Morgan fingerprint density at radius 1 is 0.920 bits per heavy atom. The number of alkyl halides is 6. The van der Waals surface area contributed by atoms with Crippen molar-refractivity contribution in [1.82, 2.24) is 0 Å². The summed E-state index contributed by atoms with van der Waals surface area (Å²) in [7, 11) is 0. The first-order valence-electron chi connectivity index (χ1n) is 6.86. The summed E-state index contributed by atoms with van der Waals surface area (Å²) in [6.45, 7) is 4.13. The summed E-state index contributed by atoms with van der Waals surface area (Å²) in [6.07, 6.45) is -10.3. The van der Waals surface area contributed by atoms with Crippen LogP contribution in [0.5, 0.6) is 0 Å². The summed E-state index contributed by atoms with van der Waals surface area (Å²) in [5.41, 5.74) is -5.55. The highest BCUT2D eigenvalue weighted by molar-refractivity contribution is 6.14. The zero-order valence-electron chi connectivity index (χ0n) is 13.3. The van der Waals surface area contributed by atoms with E-state index in [-0.39, 0.29) is 18.2 Å². The molecule has 0 saturated heterocycles. The van der Waals surface area contributed by atoms with Crippen molar-refractivity contribution in [3.63, 3.8) is 0 Å². The molecule has 0 aliphatic rings. The van der Waals surface area contributed by atoms with Gasteiger partial charge in [-0.2, -0.15) is 31.6 Å². The van der Waals surface area contributed by atoms with Gasteiger partial charge in [0, 0.05) is 11.0 Å². The number of carbonyl (C=O) groups is 2. The van der Waals surface area contributed by atoms with Crippen LogP contribution in [0.15, 0.2) is 18.2 Å². The standard InChI is InChI=1S/C16H13F6NO2/c1-14(2,3)13(25)11(7-23)12(24)8-4-9(15(17,18)19)6-10(5-8)16(20,21)22/h4-6,11H,1-3H3. The monoisotopic (exact) mass is 365 g/mol. The fraction of sp³-hybridized carbons (Fsp3) is 0.438. The summed E-state index contributed by atoms with van der Waals surface area (Å²) in [6, 6.07) is 1.64. The average Bonchev–Trinajstić information content (AvgIpc) is 2.44. The molecule has 1 unspecified atom stereocenters. The van der Waals surface area contributed by atoms with Crippen LogP contribution in [0, 0.1) is 22.7 Å². The number of benzene rings is 1. The van der Waals surface area contributed by atoms with E-state index < -0.39 is 51.9 Å². The summed E-state index contributed by atoms with van der Waals surface area (Å²) < 4.78 is 76.9. The molecule has 0 bridgehead atoms. The van der Waals surface area contributed by atoms with Gasteiger partial charge in [-0.25, -0.2) is 0 Å². The average molecular weight is 365 g/mol. The largest absolute Gasteiger partial charge is 0.416 e. The Kier molecular flexibility index (Phi) is 5.38. The van der Waals surface area contributed by atoms with E-state index in [0.29, 0.717) is 0 Å². The second-order valence-corrected chi connectivity index (χ2v) is 6.34. The number of rotatable bonds is 3. The molecule has 25 heavy (non-hydrogen) atoms. The molecular weight excluding hydrogens is 352 g/mol. The lowest BCUT2D eigenvalue weighted by Crippen LogP contribution is -2.33. The molecule has 1 rings (SSSR count). The third-order valence-corrected chi connectivity index (χ3v) is 3.26. The maximum absolute atomic E-state index is 12.8. The topological polar surface area (TPSA) is 57.9 Å². The molecule has 0 N–H and O–H groups in total. The van der Waals surface area contributed by atoms with Gasteiger partial charge in [-0.15, -0.1) is 0 Å². The molecule has 0 spiro atoms. The van der Waals surface area contributed by atoms with Crippen molar-refractivity contribution in [3.8, 4) is 6.07 Å². The smallest absolute Gasteiger partial charge is 0.297 e. The molecule has 0 amide bonds. The van der Waals surface area contributed by atoms with Gasteiger partial charge in [-0.1, -0.05) is 20.8 Å². The van der Waals surface area contributed by atoms with Crippen molar-refractivity contribution in [2.75, 3.05) is 0 Å². The van der Waals surface area contributed by atoms with Crippen LogP contribution in [0.3, 0.4) is 0 Å². The van der Waals surface area contributed by atoms with Crippen LogP contribution in [-0.2, 0) is 17.1 Å². The second-order valence-electron chi connectivity index (χ2n) is 6.34. The van der Waals surface area contributed by atoms with Crippen molar-refractivity contribution in [3.05, 3.63) is 34.9 Å². The Balaban J connectivity index is 3.53. The number of nitriles is 1. The van der Waals surface area contributed by atoms with Gasteiger partial charge in [0.25, 0.3) is 0 Å². The van der Waals surface area contributed by atoms with Gasteiger partial charge >= 0.3 is 12.4 Å². The Morgan fingerprint density at radius 3 is 1.60 bits per heavy atom. The van der Waals surface area contributed by atoms with Crippen molar-refractivity contribution < 1.29 is 35.9 Å². The molecule has 9 heteroatoms. The van der Waals surface area contributed by atoms with Gasteiger partial charge in [0.2, 0.25) is 0 Å². The van der Waals surface area contributed by atoms with Crippen LogP contribution < -0.4 is 0 Å². The highest BCUT2D eigenvalue weighted by atomic mass is 19.4. The van der Waals surface area contributed by atoms with Gasteiger partial charge in [-0.05, 0) is 18.2 Å². The number of nitrogens with zero attached hydrogens (tertiary/aromatic N) is 1. The third kappa shape index (κ3) is 4.81. The summed E-state index contributed by atoms with van der Waals surface area (Å²) in [4.78, 5) is 24.3. The molecule has 3 nitrogen and oxygen atoms in total. The van der Waals surface area contributed by atoms with Crippen LogP contribution in [0.1, 0.15) is 42.3 Å². The second kappa shape index (κ2) is 6.50. The lowest BCUT2D eigenvalue weighted by Gasteiger charge is -2.20. The molecule has 1 atom stereocenters. The van der Waals surface area contributed by atoms with E-state index in [1.807, 2.05) is 0 Å². The fourth-order valence-corrected chi connectivity index (χ4v) is 1.93. The number of hydrogen-bond acceptors (Lipinski definition) is 3. The zero-order chi connectivity index (χ0) is 19.8. The van der Waals surface area contributed by atoms with Crippen LogP contribution in [0.2, 0.25) is 0 Å². The minimum absolute atomic E-state index is 0.135. The normalized spacial score (nSPS) is 13.9. The van der Waals surface area contributed by atoms with E-state index >= 15 is 0 Å². The Morgan fingerprint density at radius 2 is 1.32 bits per heavy atom. The Hall–Kier alpha value is -2.37. The highest BCUT2D eigenvalue weighted by Gasteiger charge is 2.40. The molecular formula is C16H13F6NO2. The highest BCUT2D eigenvalue weighted by Crippen LogP contribution is 2.37. The molecule has 0 saturated carbocycles. The van der Waals surface area contributed by atoms with Gasteiger partial charge in [-0.3, -0.25) is 9.59 Å². The van der Waals surface area contributed by atoms with Gasteiger partial charge < -0.3 is 0 Å². The minimum Gasteiger partial charge on any atom is -0.297 e. The van der Waals surface area contributed by atoms with E-state index in [0.717, 1.165) is 0 Å². The molecule has 0 radical (unpaired) electrons. The van der Waals surface area contributed by atoms with Crippen molar-refractivity contribution in [2.24, 2.45) is 11.3 Å². The fourth-order valence-electron chi connectivity index (χ4n) is 1.93. The Bertz CT molecular complexity index is 703. The van der Waals surface area contributed by atoms with E-state index in [4.69, 9.17) is 5.26 Å². The van der Waals surface area contributed by atoms with Gasteiger partial charge in [0.15, 0.2) is 17.5 Å². The summed E-state index contributed by atoms with van der Waals surface area (Å²) in [5.74, 6) is -4.30. The number of Topliss-reactive ketones (excluding diaryl/α,β-unsaturated/α-hetero) is 2. The summed E-state index contributed by atoms with van der Waals surface area (Å²) >= 11 is 0. The van der Waals surface area contributed by atoms with Crippen molar-refractivity contribution in [1.29, 1.82) is 5.26 Å². The van der Waals surface area contributed by atoms with Gasteiger partial charge in [0.05, 0.1) is 17.2 Å². The van der Waals surface area contributed by atoms with Crippen molar-refractivity contribution >= 4 is 11.6 Å². The summed E-state index contributed by atoms with van der Waals surface area (Å²) in [5, 5.41) is 9.01. The quantitative estimate of drug-likeness (QED) is 0.445.